The molecule has 0 saturated carbocycles. The van der Waals surface area contributed by atoms with Crippen LogP contribution in [0.1, 0.15) is 40.5 Å². The van der Waals surface area contributed by atoms with Crippen LogP contribution >= 0.6 is 0 Å². The van der Waals surface area contributed by atoms with Gasteiger partial charge in [-0.25, -0.2) is 0 Å². The van der Waals surface area contributed by atoms with E-state index in [1.165, 1.54) is 6.42 Å². The first kappa shape index (κ1) is 16.4. The van der Waals surface area contributed by atoms with Crippen LogP contribution in [0, 0.1) is 11.3 Å². The summed E-state index contributed by atoms with van der Waals surface area (Å²) in [4.78, 5) is 14.6. The lowest BCUT2D eigenvalue weighted by molar-refractivity contribution is -0.133. The summed E-state index contributed by atoms with van der Waals surface area (Å²) in [5.74, 6) is 0.611. The maximum atomic E-state index is 12.5. The van der Waals surface area contributed by atoms with Crippen LogP contribution in [-0.4, -0.2) is 50.1 Å². The molecule has 1 saturated heterocycles. The number of nitrogens with zero attached hydrogens (tertiary/aromatic N) is 1. The van der Waals surface area contributed by atoms with Crippen molar-refractivity contribution in [2.75, 3.05) is 33.7 Å². The Labute approximate surface area is 118 Å². The molecule has 1 atom stereocenters. The summed E-state index contributed by atoms with van der Waals surface area (Å²) in [6.07, 6.45) is 2.31. The molecule has 4 nitrogen and oxygen atoms in total. The Bertz CT molecular complexity index is 305. The molecule has 2 N–H and O–H groups in total. The van der Waals surface area contributed by atoms with Crippen molar-refractivity contribution in [2.24, 2.45) is 11.3 Å². The van der Waals surface area contributed by atoms with E-state index in [0.717, 1.165) is 19.5 Å². The van der Waals surface area contributed by atoms with Crippen LogP contribution in [0.5, 0.6) is 0 Å². The molecule has 19 heavy (non-hydrogen) atoms. The molecule has 0 spiro atoms. The zero-order valence-electron chi connectivity index (χ0n) is 13.5. The summed E-state index contributed by atoms with van der Waals surface area (Å²) in [5, 5.41) is 6.53. The fourth-order valence-corrected chi connectivity index (χ4v) is 2.34. The molecule has 0 aromatic carbocycles. The molecule has 0 aromatic heterocycles. The number of amides is 1. The van der Waals surface area contributed by atoms with Gasteiger partial charge in [-0.05, 0) is 59.8 Å². The fourth-order valence-electron chi connectivity index (χ4n) is 2.34. The largest absolute Gasteiger partial charge is 0.354 e. The number of piperidine rings is 1. The van der Waals surface area contributed by atoms with E-state index in [2.05, 4.69) is 43.2 Å². The first-order valence-electron chi connectivity index (χ1n) is 7.34. The summed E-state index contributed by atoms with van der Waals surface area (Å²) in [6, 6.07) is 0. The minimum absolute atomic E-state index is 0.0173. The van der Waals surface area contributed by atoms with Crippen LogP contribution in [0.25, 0.3) is 0 Å². The summed E-state index contributed by atoms with van der Waals surface area (Å²) in [7, 11) is 4.09. The van der Waals surface area contributed by atoms with Crippen molar-refractivity contribution >= 4 is 5.91 Å². The Morgan fingerprint density at radius 1 is 1.32 bits per heavy atom. The van der Waals surface area contributed by atoms with Gasteiger partial charge in [0, 0.05) is 17.5 Å². The van der Waals surface area contributed by atoms with Crippen LogP contribution in [0.2, 0.25) is 0 Å². The lowest BCUT2D eigenvalue weighted by Gasteiger charge is -2.38. The number of rotatable bonds is 5. The minimum Gasteiger partial charge on any atom is -0.354 e. The summed E-state index contributed by atoms with van der Waals surface area (Å²) < 4.78 is 0. The standard InChI is InChI=1S/C15H31N3O/c1-14(2,18(5)6)11-17-13(19)15(3,4)12-8-7-9-16-10-12/h12,16H,7-11H2,1-6H3,(H,17,19). The van der Waals surface area contributed by atoms with Gasteiger partial charge in [-0.15, -0.1) is 0 Å². The van der Waals surface area contributed by atoms with Gasteiger partial charge < -0.3 is 15.5 Å². The Morgan fingerprint density at radius 3 is 2.42 bits per heavy atom. The number of carbonyl (C=O) groups is 1. The Kier molecular flexibility index (Phi) is 5.39. The van der Waals surface area contributed by atoms with E-state index in [-0.39, 0.29) is 16.9 Å². The lowest BCUT2D eigenvalue weighted by Crippen LogP contribution is -2.53. The molecule has 1 unspecified atom stereocenters. The van der Waals surface area contributed by atoms with Crippen LogP contribution in [0.3, 0.4) is 0 Å². The third-order valence-corrected chi connectivity index (χ3v) is 4.79. The predicted molar refractivity (Wildman–Crippen MR) is 80.2 cm³/mol. The molecule has 0 aromatic rings. The molecule has 0 bridgehead atoms. The molecular weight excluding hydrogens is 238 g/mol. The van der Waals surface area contributed by atoms with Crippen molar-refractivity contribution < 1.29 is 4.79 Å². The second kappa shape index (κ2) is 6.23. The first-order valence-corrected chi connectivity index (χ1v) is 7.34. The molecule has 1 amide bonds. The van der Waals surface area contributed by atoms with Crippen LogP contribution in [0.4, 0.5) is 0 Å². The van der Waals surface area contributed by atoms with Crippen LogP contribution < -0.4 is 10.6 Å². The van der Waals surface area contributed by atoms with Crippen LogP contribution in [-0.2, 0) is 4.79 Å². The smallest absolute Gasteiger partial charge is 0.226 e. The fraction of sp³-hybridized carbons (Fsp3) is 0.933. The van der Waals surface area contributed by atoms with E-state index in [9.17, 15) is 4.79 Å². The Morgan fingerprint density at radius 2 is 1.95 bits per heavy atom. The number of likely N-dealkylation sites (N-methyl/N-ethyl adjacent to an activating group) is 1. The predicted octanol–water partition coefficient (Wildman–Crippen LogP) is 1.47. The van der Waals surface area contributed by atoms with E-state index in [1.807, 2.05) is 14.1 Å². The maximum Gasteiger partial charge on any atom is 0.226 e. The summed E-state index contributed by atoms with van der Waals surface area (Å²) >= 11 is 0. The molecule has 1 rings (SSSR count). The quantitative estimate of drug-likeness (QED) is 0.794. The normalized spacial score (nSPS) is 21.5. The van der Waals surface area contributed by atoms with Crippen LogP contribution in [0.15, 0.2) is 0 Å². The van der Waals surface area contributed by atoms with Gasteiger partial charge in [-0.2, -0.15) is 0 Å². The molecule has 0 aliphatic carbocycles. The zero-order chi connectivity index (χ0) is 14.7. The van der Waals surface area contributed by atoms with Gasteiger partial charge in [-0.1, -0.05) is 13.8 Å². The van der Waals surface area contributed by atoms with Crippen molar-refractivity contribution in [3.8, 4) is 0 Å². The molecule has 4 heteroatoms. The van der Waals surface area contributed by atoms with Crippen molar-refractivity contribution in [3.63, 3.8) is 0 Å². The summed E-state index contributed by atoms with van der Waals surface area (Å²) in [5.41, 5.74) is -0.313. The van der Waals surface area contributed by atoms with Crippen molar-refractivity contribution in [2.45, 2.75) is 46.1 Å². The molecule has 0 radical (unpaired) electrons. The van der Waals surface area contributed by atoms with Gasteiger partial charge in [0.2, 0.25) is 5.91 Å². The van der Waals surface area contributed by atoms with E-state index in [1.54, 1.807) is 0 Å². The second-order valence-corrected chi connectivity index (χ2v) is 7.15. The monoisotopic (exact) mass is 269 g/mol. The van der Waals surface area contributed by atoms with Crippen molar-refractivity contribution in [1.82, 2.24) is 15.5 Å². The molecule has 1 aliphatic rings. The topological polar surface area (TPSA) is 44.4 Å². The van der Waals surface area contributed by atoms with Gasteiger partial charge >= 0.3 is 0 Å². The summed E-state index contributed by atoms with van der Waals surface area (Å²) in [6.45, 7) is 11.2. The number of nitrogens with one attached hydrogen (secondary N) is 2. The van der Waals surface area contributed by atoms with E-state index in [0.29, 0.717) is 12.5 Å². The second-order valence-electron chi connectivity index (χ2n) is 7.15. The van der Waals surface area contributed by atoms with Crippen molar-refractivity contribution in [3.05, 3.63) is 0 Å². The van der Waals surface area contributed by atoms with Gasteiger partial charge in [-0.3, -0.25) is 4.79 Å². The van der Waals surface area contributed by atoms with Crippen molar-refractivity contribution in [1.29, 1.82) is 0 Å². The molecule has 112 valence electrons. The number of hydrogen-bond acceptors (Lipinski definition) is 3. The minimum atomic E-state index is -0.296. The average Bonchev–Trinajstić information content (AvgIpc) is 2.36. The molecule has 1 fully saturated rings. The lowest BCUT2D eigenvalue weighted by atomic mass is 9.74. The van der Waals surface area contributed by atoms with E-state index in [4.69, 9.17) is 0 Å². The van der Waals surface area contributed by atoms with Gasteiger partial charge in [0.25, 0.3) is 0 Å². The van der Waals surface area contributed by atoms with E-state index >= 15 is 0 Å². The third-order valence-electron chi connectivity index (χ3n) is 4.79. The Hall–Kier alpha value is -0.610. The molecule has 1 heterocycles. The number of carbonyl (C=O) groups excluding carboxylic acids is 1. The van der Waals surface area contributed by atoms with Gasteiger partial charge in [0.05, 0.1) is 0 Å². The SMILES string of the molecule is CN(C)C(C)(C)CNC(=O)C(C)(C)C1CCCNC1. The van der Waals surface area contributed by atoms with Gasteiger partial charge in [0.15, 0.2) is 0 Å². The first-order chi connectivity index (χ1) is 8.68. The third kappa shape index (κ3) is 4.18. The Balaban J connectivity index is 2.56. The average molecular weight is 269 g/mol. The highest BCUT2D eigenvalue weighted by Crippen LogP contribution is 2.32. The van der Waals surface area contributed by atoms with E-state index < -0.39 is 0 Å². The zero-order valence-corrected chi connectivity index (χ0v) is 13.5. The number of hydrogen-bond donors (Lipinski definition) is 2. The highest BCUT2D eigenvalue weighted by Gasteiger charge is 2.37. The highest BCUT2D eigenvalue weighted by molar-refractivity contribution is 5.82. The van der Waals surface area contributed by atoms with Gasteiger partial charge in [0.1, 0.15) is 0 Å². The molecule has 1 aliphatic heterocycles. The molecular formula is C15H31N3O. The highest BCUT2D eigenvalue weighted by atomic mass is 16.2. The maximum absolute atomic E-state index is 12.5.